The Balaban J connectivity index is 0.00000450. The first-order chi connectivity index (χ1) is 13.7. The van der Waals surface area contributed by atoms with E-state index in [1.165, 1.54) is 18.3 Å². The SMILES string of the molecule is CCNC(=NCc1ccc(S(=O)(=O)NC)cc1)NC(C)Cc1c(C)nn(C)c1C.I. The maximum Gasteiger partial charge on any atom is 0.240 e. The average Bonchev–Trinajstić information content (AvgIpc) is 2.92. The lowest BCUT2D eigenvalue weighted by Gasteiger charge is -2.18. The first-order valence-electron chi connectivity index (χ1n) is 9.74. The molecule has 1 atom stereocenters. The number of guanidine groups is 1. The van der Waals surface area contributed by atoms with Gasteiger partial charge in [0.05, 0.1) is 17.1 Å². The van der Waals surface area contributed by atoms with Crippen LogP contribution in [0.4, 0.5) is 0 Å². The predicted molar refractivity (Wildman–Crippen MR) is 132 cm³/mol. The summed E-state index contributed by atoms with van der Waals surface area (Å²) in [5.74, 6) is 0.728. The van der Waals surface area contributed by atoms with Crippen LogP contribution in [-0.2, 0) is 30.0 Å². The van der Waals surface area contributed by atoms with E-state index in [1.807, 2.05) is 25.6 Å². The lowest BCUT2D eigenvalue weighted by molar-refractivity contribution is 0.588. The molecule has 8 nitrogen and oxygen atoms in total. The zero-order valence-electron chi connectivity index (χ0n) is 18.5. The predicted octanol–water partition coefficient (Wildman–Crippen LogP) is 2.25. The van der Waals surface area contributed by atoms with Gasteiger partial charge in [0, 0.05) is 25.3 Å². The molecule has 0 fully saturated rings. The van der Waals surface area contributed by atoms with E-state index in [1.54, 1.807) is 24.3 Å². The first-order valence-corrected chi connectivity index (χ1v) is 11.2. The van der Waals surface area contributed by atoms with Crippen molar-refractivity contribution in [1.29, 1.82) is 0 Å². The zero-order valence-corrected chi connectivity index (χ0v) is 21.6. The van der Waals surface area contributed by atoms with E-state index in [0.717, 1.165) is 30.2 Å². The third kappa shape index (κ3) is 6.95. The Kier molecular flexibility index (Phi) is 10.2. The van der Waals surface area contributed by atoms with Gasteiger partial charge in [0.2, 0.25) is 10.0 Å². The van der Waals surface area contributed by atoms with Gasteiger partial charge >= 0.3 is 0 Å². The van der Waals surface area contributed by atoms with Crippen LogP contribution >= 0.6 is 24.0 Å². The fraction of sp³-hybridized carbons (Fsp3) is 0.500. The lowest BCUT2D eigenvalue weighted by atomic mass is 10.1. The smallest absolute Gasteiger partial charge is 0.240 e. The molecule has 0 aliphatic carbocycles. The van der Waals surface area contributed by atoms with Crippen LogP contribution in [0.15, 0.2) is 34.2 Å². The van der Waals surface area contributed by atoms with Crippen LogP contribution in [0.1, 0.15) is 36.4 Å². The highest BCUT2D eigenvalue weighted by Gasteiger charge is 2.14. The van der Waals surface area contributed by atoms with Gasteiger partial charge in [-0.15, -0.1) is 24.0 Å². The maximum atomic E-state index is 11.8. The molecule has 1 aromatic heterocycles. The Bertz CT molecular complexity index is 954. The number of aliphatic imine (C=N–C) groups is 1. The van der Waals surface area contributed by atoms with E-state index in [2.05, 4.69) is 39.3 Å². The molecule has 2 rings (SSSR count). The Morgan fingerprint density at radius 3 is 2.37 bits per heavy atom. The van der Waals surface area contributed by atoms with Crippen molar-refractivity contribution in [1.82, 2.24) is 25.1 Å². The fourth-order valence-electron chi connectivity index (χ4n) is 3.09. The van der Waals surface area contributed by atoms with E-state index >= 15 is 0 Å². The molecule has 0 amide bonds. The number of aromatic nitrogens is 2. The molecule has 0 spiro atoms. The lowest BCUT2D eigenvalue weighted by Crippen LogP contribution is -2.43. The van der Waals surface area contributed by atoms with Crippen LogP contribution in [0.3, 0.4) is 0 Å². The number of halogens is 1. The third-order valence-corrected chi connectivity index (χ3v) is 6.25. The highest BCUT2D eigenvalue weighted by Crippen LogP contribution is 2.14. The molecule has 0 aliphatic rings. The molecule has 30 heavy (non-hydrogen) atoms. The second kappa shape index (κ2) is 11.7. The average molecular weight is 548 g/mol. The van der Waals surface area contributed by atoms with Gasteiger partial charge in [-0.25, -0.2) is 18.1 Å². The minimum Gasteiger partial charge on any atom is -0.357 e. The van der Waals surface area contributed by atoms with Crippen LogP contribution in [0.2, 0.25) is 0 Å². The molecule has 0 saturated heterocycles. The number of benzene rings is 1. The Labute approximate surface area is 197 Å². The number of nitrogens with zero attached hydrogens (tertiary/aromatic N) is 3. The Morgan fingerprint density at radius 1 is 1.23 bits per heavy atom. The molecule has 1 aromatic carbocycles. The monoisotopic (exact) mass is 548 g/mol. The Hall–Kier alpha value is -1.66. The van der Waals surface area contributed by atoms with Crippen LogP contribution in [0.25, 0.3) is 0 Å². The van der Waals surface area contributed by atoms with E-state index < -0.39 is 10.0 Å². The number of nitrogens with one attached hydrogen (secondary N) is 3. The van der Waals surface area contributed by atoms with Gasteiger partial charge in [0.25, 0.3) is 0 Å². The van der Waals surface area contributed by atoms with E-state index in [9.17, 15) is 8.42 Å². The van der Waals surface area contributed by atoms with Crippen LogP contribution in [-0.4, -0.2) is 43.8 Å². The van der Waals surface area contributed by atoms with E-state index in [4.69, 9.17) is 0 Å². The summed E-state index contributed by atoms with van der Waals surface area (Å²) in [4.78, 5) is 4.88. The highest BCUT2D eigenvalue weighted by atomic mass is 127. The van der Waals surface area contributed by atoms with Gasteiger partial charge in [-0.1, -0.05) is 12.1 Å². The molecule has 0 bridgehead atoms. The summed E-state index contributed by atoms with van der Waals surface area (Å²) < 4.78 is 27.9. The number of rotatable bonds is 8. The maximum absolute atomic E-state index is 11.8. The summed E-state index contributed by atoms with van der Waals surface area (Å²) in [7, 11) is -0.0620. The molecule has 3 N–H and O–H groups in total. The van der Waals surface area contributed by atoms with Gasteiger partial charge in [-0.05, 0) is 64.4 Å². The molecule has 1 heterocycles. The molecule has 2 aromatic rings. The van der Waals surface area contributed by atoms with Crippen molar-refractivity contribution in [2.75, 3.05) is 13.6 Å². The standard InChI is InChI=1S/C20H32N6O2S.HI/c1-7-22-20(24-14(2)12-19-15(3)25-26(6)16(19)4)23-13-17-8-10-18(11-9-17)29(27,28)21-5;/h8-11,14,21H,7,12-13H2,1-6H3,(H2,22,23,24);1H. The van der Waals surface area contributed by atoms with Gasteiger partial charge in [0.1, 0.15) is 0 Å². The van der Waals surface area contributed by atoms with Gasteiger partial charge in [0.15, 0.2) is 5.96 Å². The fourth-order valence-corrected chi connectivity index (χ4v) is 3.82. The third-order valence-electron chi connectivity index (χ3n) is 4.82. The Morgan fingerprint density at radius 2 is 1.87 bits per heavy atom. The number of hydrogen-bond acceptors (Lipinski definition) is 4. The van der Waals surface area contributed by atoms with Crippen molar-refractivity contribution in [3.8, 4) is 0 Å². The summed E-state index contributed by atoms with van der Waals surface area (Å²) >= 11 is 0. The molecule has 0 radical (unpaired) electrons. The van der Waals surface area contributed by atoms with Gasteiger partial charge in [-0.2, -0.15) is 5.10 Å². The zero-order chi connectivity index (χ0) is 21.6. The largest absolute Gasteiger partial charge is 0.357 e. The van der Waals surface area contributed by atoms with Crippen LogP contribution in [0.5, 0.6) is 0 Å². The minimum atomic E-state index is -3.42. The van der Waals surface area contributed by atoms with Crippen molar-refractivity contribution in [2.24, 2.45) is 12.0 Å². The summed E-state index contributed by atoms with van der Waals surface area (Å²) in [6.07, 6.45) is 0.854. The quantitative estimate of drug-likeness (QED) is 0.267. The minimum absolute atomic E-state index is 0. The number of sulfonamides is 1. The summed E-state index contributed by atoms with van der Waals surface area (Å²) in [5.41, 5.74) is 4.42. The molecular weight excluding hydrogens is 515 g/mol. The normalized spacial score (nSPS) is 12.9. The van der Waals surface area contributed by atoms with Gasteiger partial charge < -0.3 is 10.6 Å². The van der Waals surface area contributed by atoms with Crippen molar-refractivity contribution in [3.63, 3.8) is 0 Å². The van der Waals surface area contributed by atoms with Crippen molar-refractivity contribution in [2.45, 2.75) is 51.6 Å². The molecule has 1 unspecified atom stereocenters. The first kappa shape index (κ1) is 26.4. The topological polar surface area (TPSA) is 100 Å². The molecule has 168 valence electrons. The van der Waals surface area contributed by atoms with Crippen LogP contribution in [0, 0.1) is 13.8 Å². The molecule has 10 heteroatoms. The number of hydrogen-bond donors (Lipinski definition) is 3. The van der Waals surface area contributed by atoms with Crippen molar-refractivity contribution in [3.05, 3.63) is 46.8 Å². The van der Waals surface area contributed by atoms with Crippen molar-refractivity contribution < 1.29 is 8.42 Å². The van der Waals surface area contributed by atoms with E-state index in [0.29, 0.717) is 6.54 Å². The second-order valence-corrected chi connectivity index (χ2v) is 8.96. The van der Waals surface area contributed by atoms with Crippen molar-refractivity contribution >= 4 is 40.0 Å². The summed E-state index contributed by atoms with van der Waals surface area (Å²) in [6.45, 7) is 9.46. The summed E-state index contributed by atoms with van der Waals surface area (Å²) in [6, 6.07) is 6.92. The van der Waals surface area contributed by atoms with E-state index in [-0.39, 0.29) is 34.9 Å². The highest BCUT2D eigenvalue weighted by molar-refractivity contribution is 14.0. The number of aryl methyl sites for hydroxylation is 2. The molecule has 0 aliphatic heterocycles. The molecular formula is C20H33IN6O2S. The van der Waals surface area contributed by atoms with Crippen LogP contribution < -0.4 is 15.4 Å². The van der Waals surface area contributed by atoms with Gasteiger partial charge in [-0.3, -0.25) is 4.68 Å². The molecule has 0 saturated carbocycles. The summed E-state index contributed by atoms with van der Waals surface area (Å²) in [5, 5.41) is 11.2. The second-order valence-electron chi connectivity index (χ2n) is 7.07.